The normalized spacial score (nSPS) is 10.2. The van der Waals surface area contributed by atoms with Gasteiger partial charge in [0, 0.05) is 6.07 Å². The van der Waals surface area contributed by atoms with Crippen LogP contribution < -0.4 is 5.32 Å². The monoisotopic (exact) mass is 260 g/mol. The lowest BCUT2D eigenvalue weighted by Gasteiger charge is -2.08. The van der Waals surface area contributed by atoms with Crippen LogP contribution in [-0.2, 0) is 0 Å². The van der Waals surface area contributed by atoms with Gasteiger partial charge in [-0.3, -0.25) is 14.9 Å². The standard InChI is InChI=1S/C13H12N2O4/c1-8-6-9(2)12(10(7-8)15(17)18)14-13(16)11-4-3-5-19-11/h3-7H,1-2H3,(H,14,16). The number of aryl methyl sites for hydroxylation is 2. The van der Waals surface area contributed by atoms with Crippen molar-refractivity contribution in [1.82, 2.24) is 0 Å². The number of hydrogen-bond acceptors (Lipinski definition) is 4. The highest BCUT2D eigenvalue weighted by atomic mass is 16.6. The van der Waals surface area contributed by atoms with E-state index in [1.54, 1.807) is 26.0 Å². The van der Waals surface area contributed by atoms with Gasteiger partial charge >= 0.3 is 0 Å². The van der Waals surface area contributed by atoms with Gasteiger partial charge in [-0.25, -0.2) is 0 Å². The summed E-state index contributed by atoms with van der Waals surface area (Å²) >= 11 is 0. The lowest BCUT2D eigenvalue weighted by Crippen LogP contribution is -2.13. The van der Waals surface area contributed by atoms with E-state index in [9.17, 15) is 14.9 Å². The first-order valence-corrected chi connectivity index (χ1v) is 5.59. The number of furan rings is 1. The predicted octanol–water partition coefficient (Wildman–Crippen LogP) is 3.06. The number of nitrogens with one attached hydrogen (secondary N) is 1. The molecule has 0 bridgehead atoms. The fourth-order valence-corrected chi connectivity index (χ4v) is 1.83. The van der Waals surface area contributed by atoms with Crippen LogP contribution in [0.1, 0.15) is 21.7 Å². The van der Waals surface area contributed by atoms with Crippen LogP contribution in [0.2, 0.25) is 0 Å². The van der Waals surface area contributed by atoms with Crippen molar-refractivity contribution >= 4 is 17.3 Å². The Hall–Kier alpha value is -2.63. The zero-order valence-corrected chi connectivity index (χ0v) is 10.5. The SMILES string of the molecule is Cc1cc(C)c(NC(=O)c2ccco2)c([N+](=O)[O-])c1. The summed E-state index contributed by atoms with van der Waals surface area (Å²) in [5, 5.41) is 13.5. The van der Waals surface area contributed by atoms with E-state index in [2.05, 4.69) is 5.32 Å². The van der Waals surface area contributed by atoms with Crippen molar-refractivity contribution in [2.75, 3.05) is 5.32 Å². The second kappa shape index (κ2) is 4.93. The van der Waals surface area contributed by atoms with Crippen molar-refractivity contribution in [3.63, 3.8) is 0 Å². The lowest BCUT2D eigenvalue weighted by atomic mass is 10.1. The molecule has 1 heterocycles. The molecule has 0 aliphatic carbocycles. The van der Waals surface area contributed by atoms with Gasteiger partial charge in [-0.05, 0) is 37.1 Å². The van der Waals surface area contributed by atoms with Crippen LogP contribution in [0, 0.1) is 24.0 Å². The molecular formula is C13H12N2O4. The number of rotatable bonds is 3. The molecule has 0 aliphatic heterocycles. The third kappa shape index (κ3) is 2.62. The number of carbonyl (C=O) groups excluding carboxylic acids is 1. The molecule has 19 heavy (non-hydrogen) atoms. The maximum absolute atomic E-state index is 11.9. The summed E-state index contributed by atoms with van der Waals surface area (Å²) in [6.07, 6.45) is 1.37. The Balaban J connectivity index is 2.39. The maximum atomic E-state index is 11.9. The van der Waals surface area contributed by atoms with Crippen molar-refractivity contribution in [2.45, 2.75) is 13.8 Å². The molecule has 1 aromatic heterocycles. The molecule has 98 valence electrons. The van der Waals surface area contributed by atoms with Crippen LogP contribution in [0.15, 0.2) is 34.9 Å². The number of hydrogen-bond donors (Lipinski definition) is 1. The Morgan fingerprint density at radius 1 is 1.37 bits per heavy atom. The minimum Gasteiger partial charge on any atom is -0.459 e. The Kier molecular flexibility index (Phi) is 3.33. The number of benzene rings is 1. The molecule has 0 unspecified atom stereocenters. The summed E-state index contributed by atoms with van der Waals surface area (Å²) in [6.45, 7) is 3.47. The van der Waals surface area contributed by atoms with Crippen LogP contribution in [0.25, 0.3) is 0 Å². The minimum atomic E-state index is -0.516. The summed E-state index contributed by atoms with van der Waals surface area (Å²) < 4.78 is 4.95. The molecule has 0 spiro atoms. The van der Waals surface area contributed by atoms with Crippen LogP contribution in [0.4, 0.5) is 11.4 Å². The van der Waals surface area contributed by atoms with E-state index >= 15 is 0 Å². The predicted molar refractivity (Wildman–Crippen MR) is 69.2 cm³/mol. The Morgan fingerprint density at radius 3 is 2.68 bits per heavy atom. The Bertz CT molecular complexity index is 632. The van der Waals surface area contributed by atoms with Crippen LogP contribution in [0.3, 0.4) is 0 Å². The van der Waals surface area contributed by atoms with Gasteiger partial charge in [0.2, 0.25) is 0 Å². The molecule has 6 heteroatoms. The van der Waals surface area contributed by atoms with E-state index in [-0.39, 0.29) is 17.1 Å². The average molecular weight is 260 g/mol. The third-order valence-corrected chi connectivity index (χ3v) is 2.64. The molecule has 0 saturated carbocycles. The second-order valence-electron chi connectivity index (χ2n) is 4.16. The van der Waals surface area contributed by atoms with Gasteiger partial charge in [0.05, 0.1) is 11.2 Å². The summed E-state index contributed by atoms with van der Waals surface area (Å²) in [6, 6.07) is 6.26. The first-order chi connectivity index (χ1) is 8.99. The summed E-state index contributed by atoms with van der Waals surface area (Å²) in [5.74, 6) is -0.408. The molecule has 0 radical (unpaired) electrons. The Morgan fingerprint density at radius 2 is 2.11 bits per heavy atom. The molecular weight excluding hydrogens is 248 g/mol. The van der Waals surface area contributed by atoms with Crippen molar-refractivity contribution in [1.29, 1.82) is 0 Å². The average Bonchev–Trinajstić information content (AvgIpc) is 2.85. The van der Waals surface area contributed by atoms with Gasteiger partial charge in [-0.15, -0.1) is 0 Å². The summed E-state index contributed by atoms with van der Waals surface area (Å²) in [7, 11) is 0. The molecule has 1 N–H and O–H groups in total. The molecule has 1 amide bonds. The molecule has 0 atom stereocenters. The molecule has 6 nitrogen and oxygen atoms in total. The molecule has 2 rings (SSSR count). The number of nitrogens with zero attached hydrogens (tertiary/aromatic N) is 1. The van der Waals surface area contributed by atoms with E-state index in [4.69, 9.17) is 4.42 Å². The first-order valence-electron chi connectivity index (χ1n) is 5.59. The van der Waals surface area contributed by atoms with Crippen molar-refractivity contribution in [2.24, 2.45) is 0 Å². The fraction of sp³-hybridized carbons (Fsp3) is 0.154. The molecule has 0 fully saturated rings. The van der Waals surface area contributed by atoms with Gasteiger partial charge in [0.15, 0.2) is 5.76 Å². The van der Waals surface area contributed by atoms with Crippen LogP contribution in [-0.4, -0.2) is 10.8 Å². The van der Waals surface area contributed by atoms with Crippen molar-refractivity contribution < 1.29 is 14.1 Å². The smallest absolute Gasteiger partial charge is 0.293 e. The molecule has 0 aliphatic rings. The third-order valence-electron chi connectivity index (χ3n) is 2.64. The summed E-state index contributed by atoms with van der Waals surface area (Å²) in [5.41, 5.74) is 1.46. The highest BCUT2D eigenvalue weighted by Crippen LogP contribution is 2.30. The van der Waals surface area contributed by atoms with E-state index in [0.717, 1.165) is 5.56 Å². The zero-order chi connectivity index (χ0) is 14.0. The van der Waals surface area contributed by atoms with Gasteiger partial charge in [-0.2, -0.15) is 0 Å². The number of carbonyl (C=O) groups is 1. The number of amides is 1. The number of nitro benzene ring substituents is 1. The van der Waals surface area contributed by atoms with Crippen molar-refractivity contribution in [3.8, 4) is 0 Å². The van der Waals surface area contributed by atoms with E-state index in [1.165, 1.54) is 18.4 Å². The maximum Gasteiger partial charge on any atom is 0.293 e. The lowest BCUT2D eigenvalue weighted by molar-refractivity contribution is -0.384. The van der Waals surface area contributed by atoms with E-state index in [1.807, 2.05) is 0 Å². The van der Waals surface area contributed by atoms with Crippen LogP contribution in [0.5, 0.6) is 0 Å². The van der Waals surface area contributed by atoms with Crippen LogP contribution >= 0.6 is 0 Å². The quantitative estimate of drug-likeness (QED) is 0.678. The molecule has 2 aromatic rings. The van der Waals surface area contributed by atoms with Crippen molar-refractivity contribution in [3.05, 3.63) is 57.5 Å². The molecule has 0 saturated heterocycles. The minimum absolute atomic E-state index is 0.106. The van der Waals surface area contributed by atoms with E-state index in [0.29, 0.717) is 5.56 Å². The number of anilines is 1. The van der Waals surface area contributed by atoms with Gasteiger partial charge < -0.3 is 9.73 Å². The summed E-state index contributed by atoms with van der Waals surface area (Å²) in [4.78, 5) is 22.4. The highest BCUT2D eigenvalue weighted by Gasteiger charge is 2.20. The topological polar surface area (TPSA) is 85.4 Å². The van der Waals surface area contributed by atoms with Gasteiger partial charge in [-0.1, -0.05) is 6.07 Å². The van der Waals surface area contributed by atoms with Gasteiger partial charge in [0.25, 0.3) is 11.6 Å². The number of nitro groups is 1. The van der Waals surface area contributed by atoms with Gasteiger partial charge in [0.1, 0.15) is 5.69 Å². The second-order valence-corrected chi connectivity index (χ2v) is 4.16. The largest absolute Gasteiger partial charge is 0.459 e. The highest BCUT2D eigenvalue weighted by molar-refractivity contribution is 6.04. The van der Waals surface area contributed by atoms with E-state index < -0.39 is 10.8 Å². The zero-order valence-electron chi connectivity index (χ0n) is 10.5. The molecule has 1 aromatic carbocycles. The fourth-order valence-electron chi connectivity index (χ4n) is 1.83. The first kappa shape index (κ1) is 12.8. The Labute approximate surface area is 109 Å².